The predicted molar refractivity (Wildman–Crippen MR) is 134 cm³/mol. The summed E-state index contributed by atoms with van der Waals surface area (Å²) in [6.45, 7) is 4.13. The molecule has 8 nitrogen and oxygen atoms in total. The molecule has 34 heavy (non-hydrogen) atoms. The summed E-state index contributed by atoms with van der Waals surface area (Å²) < 4.78 is 17.3. The fourth-order valence-electron chi connectivity index (χ4n) is 3.74. The van der Waals surface area contributed by atoms with Crippen LogP contribution in [-0.2, 0) is 0 Å². The molecule has 3 aromatic rings. The zero-order valence-electron chi connectivity index (χ0n) is 17.9. The number of hydrogen-bond acceptors (Lipinski definition) is 6. The molecule has 1 atom stereocenters. The van der Waals surface area contributed by atoms with Crippen molar-refractivity contribution in [3.63, 3.8) is 0 Å². The van der Waals surface area contributed by atoms with Gasteiger partial charge in [0.05, 0.1) is 5.56 Å². The number of halogens is 1. The molecule has 5 rings (SSSR count). The molecule has 2 amide bonds. The van der Waals surface area contributed by atoms with Crippen molar-refractivity contribution in [2.24, 2.45) is 0 Å². The highest BCUT2D eigenvalue weighted by atomic mass is 127. The maximum atomic E-state index is 13.5. The SMILES string of the molecule is C=CCOc1ccc(C(=O)NN2C(=O)c3cc(I)ccc3N[C@H]2c2ccc3c(c2)OCO3)cc1. The summed E-state index contributed by atoms with van der Waals surface area (Å²) in [5, 5.41) is 4.67. The molecule has 0 fully saturated rings. The molecule has 0 unspecified atom stereocenters. The zero-order valence-corrected chi connectivity index (χ0v) is 20.1. The largest absolute Gasteiger partial charge is 0.490 e. The maximum Gasteiger partial charge on any atom is 0.276 e. The molecule has 0 aliphatic carbocycles. The average Bonchev–Trinajstić information content (AvgIpc) is 3.33. The Morgan fingerprint density at radius 2 is 1.94 bits per heavy atom. The normalized spacial score (nSPS) is 15.9. The number of rotatable bonds is 6. The highest BCUT2D eigenvalue weighted by Gasteiger charge is 2.35. The first kappa shape index (κ1) is 22.1. The highest BCUT2D eigenvalue weighted by molar-refractivity contribution is 14.1. The van der Waals surface area contributed by atoms with E-state index < -0.39 is 12.1 Å². The molecule has 172 valence electrons. The van der Waals surface area contributed by atoms with E-state index in [-0.39, 0.29) is 12.7 Å². The first-order valence-corrected chi connectivity index (χ1v) is 11.6. The van der Waals surface area contributed by atoms with E-state index in [4.69, 9.17) is 14.2 Å². The van der Waals surface area contributed by atoms with Crippen LogP contribution in [-0.4, -0.2) is 30.2 Å². The minimum atomic E-state index is -0.659. The Hall–Kier alpha value is -3.73. The van der Waals surface area contributed by atoms with E-state index in [1.807, 2.05) is 18.2 Å². The molecule has 0 saturated carbocycles. The number of carbonyl (C=O) groups excluding carboxylic acids is 2. The molecule has 2 heterocycles. The van der Waals surface area contributed by atoms with Gasteiger partial charge in [0.25, 0.3) is 11.8 Å². The Bertz CT molecular complexity index is 1280. The molecule has 9 heteroatoms. The lowest BCUT2D eigenvalue weighted by Crippen LogP contribution is -2.52. The second kappa shape index (κ2) is 9.26. The van der Waals surface area contributed by atoms with Gasteiger partial charge in [-0.2, -0.15) is 0 Å². The number of amides is 2. The summed E-state index contributed by atoms with van der Waals surface area (Å²) in [6.07, 6.45) is 0.985. The van der Waals surface area contributed by atoms with Gasteiger partial charge in [0.2, 0.25) is 6.79 Å². The minimum Gasteiger partial charge on any atom is -0.490 e. The van der Waals surface area contributed by atoms with Crippen molar-refractivity contribution in [2.75, 3.05) is 18.7 Å². The van der Waals surface area contributed by atoms with Crippen molar-refractivity contribution in [2.45, 2.75) is 6.17 Å². The van der Waals surface area contributed by atoms with Crippen LogP contribution in [0, 0.1) is 3.57 Å². The second-order valence-electron chi connectivity index (χ2n) is 7.59. The van der Waals surface area contributed by atoms with Crippen LogP contribution in [0.25, 0.3) is 0 Å². The summed E-state index contributed by atoms with van der Waals surface area (Å²) in [7, 11) is 0. The number of benzene rings is 3. The summed E-state index contributed by atoms with van der Waals surface area (Å²) in [5.41, 5.74) is 5.05. The van der Waals surface area contributed by atoms with Crippen LogP contribution >= 0.6 is 22.6 Å². The van der Waals surface area contributed by atoms with Gasteiger partial charge in [0.15, 0.2) is 11.5 Å². The molecular weight excluding hydrogens is 549 g/mol. The van der Waals surface area contributed by atoms with Crippen molar-refractivity contribution < 1.29 is 23.8 Å². The number of nitrogens with one attached hydrogen (secondary N) is 2. The van der Waals surface area contributed by atoms with E-state index in [0.717, 1.165) is 9.13 Å². The van der Waals surface area contributed by atoms with Crippen LogP contribution in [0.1, 0.15) is 32.4 Å². The van der Waals surface area contributed by atoms with E-state index in [9.17, 15) is 9.59 Å². The first-order chi connectivity index (χ1) is 16.5. The number of anilines is 1. The van der Waals surface area contributed by atoms with E-state index in [2.05, 4.69) is 39.9 Å². The van der Waals surface area contributed by atoms with E-state index >= 15 is 0 Å². The second-order valence-corrected chi connectivity index (χ2v) is 8.84. The molecular formula is C25H20IN3O5. The van der Waals surface area contributed by atoms with Crippen molar-refractivity contribution in [1.29, 1.82) is 0 Å². The predicted octanol–water partition coefficient (Wildman–Crippen LogP) is 4.50. The number of ether oxygens (including phenoxy) is 3. The van der Waals surface area contributed by atoms with Crippen molar-refractivity contribution in [1.82, 2.24) is 10.4 Å². The van der Waals surface area contributed by atoms with Gasteiger partial charge in [-0.05, 0) is 77.2 Å². The maximum absolute atomic E-state index is 13.5. The summed E-state index contributed by atoms with van der Waals surface area (Å²) in [4.78, 5) is 26.6. The smallest absolute Gasteiger partial charge is 0.276 e. The molecule has 2 aliphatic heterocycles. The van der Waals surface area contributed by atoms with Gasteiger partial charge in [-0.25, -0.2) is 5.01 Å². The lowest BCUT2D eigenvalue weighted by molar-refractivity contribution is 0.0490. The lowest BCUT2D eigenvalue weighted by Gasteiger charge is -2.38. The van der Waals surface area contributed by atoms with Gasteiger partial charge in [-0.15, -0.1) is 0 Å². The third kappa shape index (κ3) is 4.26. The Morgan fingerprint density at radius 1 is 1.15 bits per heavy atom. The Labute approximate surface area is 209 Å². The van der Waals surface area contributed by atoms with Gasteiger partial charge in [0.1, 0.15) is 18.5 Å². The summed E-state index contributed by atoms with van der Waals surface area (Å²) in [6, 6.07) is 17.7. The van der Waals surface area contributed by atoms with Crippen LogP contribution in [0.3, 0.4) is 0 Å². The number of nitrogens with zero attached hydrogens (tertiary/aromatic N) is 1. The number of carbonyl (C=O) groups is 2. The van der Waals surface area contributed by atoms with Gasteiger partial charge in [-0.3, -0.25) is 15.0 Å². The molecule has 0 aromatic heterocycles. The minimum absolute atomic E-state index is 0.143. The van der Waals surface area contributed by atoms with Crippen LogP contribution in [0.4, 0.5) is 5.69 Å². The number of hydrazine groups is 1. The highest BCUT2D eigenvalue weighted by Crippen LogP contribution is 2.38. The zero-order chi connectivity index (χ0) is 23.7. The van der Waals surface area contributed by atoms with Gasteiger partial charge in [0, 0.05) is 20.4 Å². The average molecular weight is 569 g/mol. The quantitative estimate of drug-likeness (QED) is 0.336. The third-order valence-corrected chi connectivity index (χ3v) is 6.07. The summed E-state index contributed by atoms with van der Waals surface area (Å²) >= 11 is 2.15. The standard InChI is InChI=1S/C25H20IN3O5/c1-2-11-32-18-7-3-15(4-8-18)24(30)28-29-23(16-5-10-21-22(12-16)34-14-33-21)27-20-9-6-17(26)13-19(20)25(29)31/h2-10,12-13,23,27H,1,11,14H2,(H,28,30)/t23-/m1/s1. The van der Waals surface area contributed by atoms with Crippen molar-refractivity contribution in [3.05, 3.63) is 93.6 Å². The van der Waals surface area contributed by atoms with Gasteiger partial charge >= 0.3 is 0 Å². The van der Waals surface area contributed by atoms with E-state index in [0.29, 0.717) is 40.7 Å². The third-order valence-electron chi connectivity index (χ3n) is 5.40. The van der Waals surface area contributed by atoms with Crippen LogP contribution in [0.5, 0.6) is 17.2 Å². The number of fused-ring (bicyclic) bond motifs is 2. The van der Waals surface area contributed by atoms with E-state index in [1.165, 1.54) is 5.01 Å². The molecule has 0 spiro atoms. The fourth-order valence-corrected chi connectivity index (χ4v) is 4.23. The summed E-state index contributed by atoms with van der Waals surface area (Å²) in [5.74, 6) is 1.09. The molecule has 2 aliphatic rings. The van der Waals surface area contributed by atoms with Crippen LogP contribution in [0.15, 0.2) is 73.3 Å². The molecule has 0 saturated heterocycles. The Morgan fingerprint density at radius 3 is 2.74 bits per heavy atom. The monoisotopic (exact) mass is 569 g/mol. The molecule has 3 aromatic carbocycles. The van der Waals surface area contributed by atoms with Crippen LogP contribution in [0.2, 0.25) is 0 Å². The Kier molecular flexibility index (Phi) is 6.01. The number of hydrogen-bond donors (Lipinski definition) is 2. The topological polar surface area (TPSA) is 89.1 Å². The van der Waals surface area contributed by atoms with Gasteiger partial charge < -0.3 is 19.5 Å². The van der Waals surface area contributed by atoms with Crippen molar-refractivity contribution >= 4 is 40.1 Å². The lowest BCUT2D eigenvalue weighted by atomic mass is 10.0. The molecule has 0 bridgehead atoms. The van der Waals surface area contributed by atoms with Crippen molar-refractivity contribution in [3.8, 4) is 17.2 Å². The van der Waals surface area contributed by atoms with Gasteiger partial charge in [-0.1, -0.05) is 18.7 Å². The first-order valence-electron chi connectivity index (χ1n) is 10.5. The van der Waals surface area contributed by atoms with Crippen LogP contribution < -0.4 is 25.0 Å². The molecule has 2 N–H and O–H groups in total. The fraction of sp³-hybridized carbons (Fsp3) is 0.120. The molecule has 0 radical (unpaired) electrons. The Balaban J connectivity index is 1.46. The van der Waals surface area contributed by atoms with E-state index in [1.54, 1.807) is 48.5 Å².